The molecule has 0 aliphatic carbocycles. The number of thiocarbonyl (C=S) groups is 1. The maximum atomic E-state index is 5.20. The minimum Gasteiger partial charge on any atom is -0.411 e. The topological polar surface area (TPSA) is 3.24 Å². The van der Waals surface area contributed by atoms with Crippen LogP contribution < -0.4 is 0 Å². The van der Waals surface area contributed by atoms with E-state index in [0.717, 1.165) is 13.1 Å². The van der Waals surface area contributed by atoms with Gasteiger partial charge in [-0.25, -0.2) is 0 Å². The Labute approximate surface area is 158 Å². The van der Waals surface area contributed by atoms with Gasteiger partial charge in [0.1, 0.15) is 0 Å². The third-order valence-electron chi connectivity index (χ3n) is 3.82. The van der Waals surface area contributed by atoms with Crippen LogP contribution in [-0.2, 0) is 33.7 Å². The average Bonchev–Trinajstić information content (AvgIpc) is 2.43. The Morgan fingerprint density at radius 3 is 1.38 bits per heavy atom. The molecule has 0 aliphatic rings. The molecule has 0 saturated heterocycles. The second kappa shape index (κ2) is 18.8. The SMILES string of the molecule is CCCCCCCCN(CCCCCCCC)C(=S)[S-].[Mo]. The van der Waals surface area contributed by atoms with E-state index in [4.69, 9.17) is 24.8 Å². The molecule has 0 fully saturated rings. The van der Waals surface area contributed by atoms with Crippen molar-refractivity contribution in [1.29, 1.82) is 0 Å². The minimum absolute atomic E-state index is 0. The molecule has 0 saturated carbocycles. The molecule has 0 atom stereocenters. The molecule has 0 amide bonds. The Balaban J connectivity index is 0. The number of rotatable bonds is 14. The van der Waals surface area contributed by atoms with Gasteiger partial charge < -0.3 is 29.7 Å². The van der Waals surface area contributed by atoms with Gasteiger partial charge in [0, 0.05) is 34.2 Å². The average molecular weight is 413 g/mol. The molecular weight excluding hydrogens is 378 g/mol. The van der Waals surface area contributed by atoms with Gasteiger partial charge in [0.2, 0.25) is 0 Å². The quantitative estimate of drug-likeness (QED) is 0.153. The summed E-state index contributed by atoms with van der Waals surface area (Å²) in [4.78, 5) is 2.24. The molecule has 0 radical (unpaired) electrons. The third-order valence-corrected chi connectivity index (χ3v) is 4.34. The summed E-state index contributed by atoms with van der Waals surface area (Å²) < 4.78 is 0.673. The molecule has 0 unspecified atom stereocenters. The van der Waals surface area contributed by atoms with Crippen molar-refractivity contribution in [3.63, 3.8) is 0 Å². The van der Waals surface area contributed by atoms with Crippen molar-refractivity contribution in [1.82, 2.24) is 4.90 Å². The van der Waals surface area contributed by atoms with Crippen molar-refractivity contribution in [2.24, 2.45) is 0 Å². The van der Waals surface area contributed by atoms with Gasteiger partial charge in [-0.05, 0) is 12.8 Å². The molecule has 0 aliphatic heterocycles. The fraction of sp³-hybridized carbons (Fsp3) is 0.941. The summed E-state index contributed by atoms with van der Waals surface area (Å²) in [6, 6.07) is 0. The summed E-state index contributed by atoms with van der Waals surface area (Å²) in [6.45, 7) is 6.67. The molecule has 0 rings (SSSR count). The van der Waals surface area contributed by atoms with Gasteiger partial charge >= 0.3 is 0 Å². The molecular formula is C17H34MoNS2-. The summed E-state index contributed by atoms with van der Waals surface area (Å²) in [5, 5.41) is 0. The molecule has 21 heavy (non-hydrogen) atoms. The fourth-order valence-electron chi connectivity index (χ4n) is 2.46. The van der Waals surface area contributed by atoms with Crippen molar-refractivity contribution in [3.05, 3.63) is 0 Å². The zero-order chi connectivity index (χ0) is 15.1. The summed E-state index contributed by atoms with van der Waals surface area (Å²) in [5.41, 5.74) is 0. The fourth-order valence-corrected chi connectivity index (χ4v) is 2.83. The Hall–Kier alpha value is 0.798. The van der Waals surface area contributed by atoms with E-state index in [0.29, 0.717) is 4.32 Å². The normalized spacial score (nSPS) is 10.2. The predicted octanol–water partition coefficient (Wildman–Crippen LogP) is 5.84. The summed E-state index contributed by atoms with van der Waals surface area (Å²) >= 11 is 10.4. The maximum Gasteiger partial charge on any atom is 0.0162 e. The molecule has 126 valence electrons. The zero-order valence-corrected chi connectivity index (χ0v) is 17.7. The Kier molecular flexibility index (Phi) is 21.6. The van der Waals surface area contributed by atoms with Gasteiger partial charge in [-0.3, -0.25) is 0 Å². The standard InChI is InChI=1S/C17H35NS2.Mo/c1-3-5-7-9-11-13-15-18(17(19)20)16-14-12-10-8-6-4-2;/h3-16H2,1-2H3,(H,19,20);/p-1. The van der Waals surface area contributed by atoms with Crippen molar-refractivity contribution in [3.8, 4) is 0 Å². The molecule has 0 bridgehead atoms. The van der Waals surface area contributed by atoms with Crippen LogP contribution in [0.5, 0.6) is 0 Å². The number of nitrogens with zero attached hydrogens (tertiary/aromatic N) is 1. The van der Waals surface area contributed by atoms with Crippen LogP contribution >= 0.6 is 12.2 Å². The van der Waals surface area contributed by atoms with E-state index in [1.807, 2.05) is 0 Å². The van der Waals surface area contributed by atoms with Crippen molar-refractivity contribution < 1.29 is 21.1 Å². The van der Waals surface area contributed by atoms with Crippen LogP contribution in [0.1, 0.15) is 90.9 Å². The summed E-state index contributed by atoms with van der Waals surface area (Å²) in [5.74, 6) is 0. The maximum absolute atomic E-state index is 5.20. The van der Waals surface area contributed by atoms with E-state index in [-0.39, 0.29) is 21.1 Å². The van der Waals surface area contributed by atoms with Gasteiger partial charge in [0.15, 0.2) is 0 Å². The van der Waals surface area contributed by atoms with E-state index in [9.17, 15) is 0 Å². The molecule has 0 aromatic heterocycles. The van der Waals surface area contributed by atoms with Crippen LogP contribution in [0.3, 0.4) is 0 Å². The first-order valence-corrected chi connectivity index (χ1v) is 9.50. The molecule has 4 heteroatoms. The minimum atomic E-state index is 0. The first-order valence-electron chi connectivity index (χ1n) is 8.68. The number of unbranched alkanes of at least 4 members (excludes halogenated alkanes) is 10. The Morgan fingerprint density at radius 2 is 1.05 bits per heavy atom. The summed E-state index contributed by atoms with van der Waals surface area (Å²) in [7, 11) is 0. The first-order chi connectivity index (χ1) is 9.72. The van der Waals surface area contributed by atoms with E-state index in [1.54, 1.807) is 0 Å². The van der Waals surface area contributed by atoms with Crippen molar-refractivity contribution >= 4 is 29.2 Å². The van der Waals surface area contributed by atoms with Crippen molar-refractivity contribution in [2.75, 3.05) is 13.1 Å². The molecule has 0 aromatic carbocycles. The first kappa shape index (κ1) is 24.1. The molecule has 0 N–H and O–H groups in total. The van der Waals surface area contributed by atoms with Crippen LogP contribution in [-0.4, -0.2) is 22.3 Å². The number of hydrogen-bond acceptors (Lipinski definition) is 2. The van der Waals surface area contributed by atoms with Gasteiger partial charge in [-0.15, -0.1) is 0 Å². The zero-order valence-electron chi connectivity index (χ0n) is 14.1. The monoisotopic (exact) mass is 414 g/mol. The van der Waals surface area contributed by atoms with Crippen molar-refractivity contribution in [2.45, 2.75) is 90.9 Å². The molecule has 0 heterocycles. The Bertz CT molecular complexity index is 209. The van der Waals surface area contributed by atoms with Crippen LogP contribution in [0.2, 0.25) is 0 Å². The largest absolute Gasteiger partial charge is 0.411 e. The Morgan fingerprint density at radius 1 is 0.714 bits per heavy atom. The van der Waals surface area contributed by atoms with Crippen LogP contribution in [0.15, 0.2) is 0 Å². The second-order valence-corrected chi connectivity index (χ2v) is 6.82. The second-order valence-electron chi connectivity index (χ2n) is 5.79. The van der Waals surface area contributed by atoms with Crippen LogP contribution in [0, 0.1) is 0 Å². The number of hydrogen-bond donors (Lipinski definition) is 0. The molecule has 0 spiro atoms. The van der Waals surface area contributed by atoms with E-state index < -0.39 is 0 Å². The molecule has 1 nitrogen and oxygen atoms in total. The van der Waals surface area contributed by atoms with Gasteiger partial charge in [-0.1, -0.05) is 82.4 Å². The smallest absolute Gasteiger partial charge is 0.0162 e. The molecule has 0 aromatic rings. The van der Waals surface area contributed by atoms with Gasteiger partial charge in [-0.2, -0.15) is 0 Å². The summed E-state index contributed by atoms with van der Waals surface area (Å²) in [6.07, 6.45) is 16.0. The van der Waals surface area contributed by atoms with E-state index >= 15 is 0 Å². The third kappa shape index (κ3) is 17.0. The van der Waals surface area contributed by atoms with Crippen LogP contribution in [0.4, 0.5) is 0 Å². The van der Waals surface area contributed by atoms with Gasteiger partial charge in [0.25, 0.3) is 0 Å². The predicted molar refractivity (Wildman–Crippen MR) is 98.3 cm³/mol. The van der Waals surface area contributed by atoms with Gasteiger partial charge in [0.05, 0.1) is 0 Å². The van der Waals surface area contributed by atoms with E-state index in [1.165, 1.54) is 77.0 Å². The van der Waals surface area contributed by atoms with Crippen LogP contribution in [0.25, 0.3) is 0 Å². The van der Waals surface area contributed by atoms with E-state index in [2.05, 4.69) is 18.7 Å².